The first-order chi connectivity index (χ1) is 14.6. The fourth-order valence-corrected chi connectivity index (χ4v) is 3.56. The van der Waals surface area contributed by atoms with Gasteiger partial charge in [-0.05, 0) is 35.9 Å². The van der Waals surface area contributed by atoms with Crippen molar-refractivity contribution in [2.45, 2.75) is 17.6 Å². The van der Waals surface area contributed by atoms with Crippen molar-refractivity contribution < 1.29 is 40.0 Å². The molecular formula is C20H22F3NO6S. The van der Waals surface area contributed by atoms with Gasteiger partial charge >= 0.3 is 16.3 Å². The van der Waals surface area contributed by atoms with Gasteiger partial charge < -0.3 is 18.6 Å². The number of amides is 1. The molecule has 0 aromatic heterocycles. The van der Waals surface area contributed by atoms with Crippen molar-refractivity contribution in [3.63, 3.8) is 0 Å². The highest BCUT2D eigenvalue weighted by molar-refractivity contribution is 7.87. The second-order valence-corrected chi connectivity index (χ2v) is 7.99. The summed E-state index contributed by atoms with van der Waals surface area (Å²) >= 11 is 0. The number of ether oxygens (including phenoxy) is 2. The van der Waals surface area contributed by atoms with Crippen LogP contribution in [0.1, 0.15) is 11.1 Å². The second kappa shape index (κ2) is 10.6. The first-order valence-corrected chi connectivity index (χ1v) is 10.4. The Morgan fingerprint density at radius 2 is 1.71 bits per heavy atom. The number of carbonyl (C=O) groups is 1. The molecule has 0 aliphatic heterocycles. The van der Waals surface area contributed by atoms with Crippen molar-refractivity contribution in [2.24, 2.45) is 0 Å². The standard InChI is InChI=1S/C20H22F3NO6S/c1-28-11-10-24(19(25)14-29-2)13-15-6-8-17(9-7-15)30-31(26,27)18-5-3-4-16(12-18)20(21,22)23/h3-9,12H,10-11,13-14H2,1-2H3. The summed E-state index contributed by atoms with van der Waals surface area (Å²) in [6, 6.07) is 9.12. The first-order valence-electron chi connectivity index (χ1n) is 9.03. The Hall–Kier alpha value is -2.63. The number of hydrogen-bond donors (Lipinski definition) is 0. The maximum atomic E-state index is 12.8. The summed E-state index contributed by atoms with van der Waals surface area (Å²) < 4.78 is 78.0. The van der Waals surface area contributed by atoms with Gasteiger partial charge in [0.1, 0.15) is 17.3 Å². The minimum atomic E-state index is -4.68. The molecule has 0 unspecified atom stereocenters. The van der Waals surface area contributed by atoms with Gasteiger partial charge in [-0.25, -0.2) is 0 Å². The van der Waals surface area contributed by atoms with E-state index in [4.69, 9.17) is 13.7 Å². The highest BCUT2D eigenvalue weighted by atomic mass is 32.2. The molecule has 0 bridgehead atoms. The van der Waals surface area contributed by atoms with E-state index in [2.05, 4.69) is 0 Å². The summed E-state index contributed by atoms with van der Waals surface area (Å²) in [4.78, 5) is 13.0. The number of carbonyl (C=O) groups excluding carboxylic acids is 1. The maximum Gasteiger partial charge on any atom is 0.416 e. The van der Waals surface area contributed by atoms with Crippen LogP contribution in [0.25, 0.3) is 0 Å². The van der Waals surface area contributed by atoms with E-state index in [0.717, 1.165) is 18.2 Å². The minimum absolute atomic E-state index is 0.0761. The number of alkyl halides is 3. The molecule has 170 valence electrons. The zero-order valence-corrected chi connectivity index (χ0v) is 17.7. The molecule has 11 heteroatoms. The van der Waals surface area contributed by atoms with Crippen LogP contribution in [-0.2, 0) is 37.1 Å². The molecule has 1 amide bonds. The van der Waals surface area contributed by atoms with Crippen molar-refractivity contribution >= 4 is 16.0 Å². The van der Waals surface area contributed by atoms with Crippen LogP contribution in [0.2, 0.25) is 0 Å². The molecule has 0 saturated heterocycles. The van der Waals surface area contributed by atoms with Crippen molar-refractivity contribution in [1.29, 1.82) is 0 Å². The van der Waals surface area contributed by atoms with Crippen LogP contribution in [0.5, 0.6) is 5.75 Å². The predicted molar refractivity (Wildman–Crippen MR) is 105 cm³/mol. The number of hydrogen-bond acceptors (Lipinski definition) is 6. The molecule has 2 rings (SSSR count). The fourth-order valence-electron chi connectivity index (χ4n) is 2.58. The van der Waals surface area contributed by atoms with E-state index in [1.54, 1.807) is 12.1 Å². The number of methoxy groups -OCH3 is 2. The highest BCUT2D eigenvalue weighted by Gasteiger charge is 2.32. The lowest BCUT2D eigenvalue weighted by molar-refractivity contribution is -0.138. The number of benzene rings is 2. The number of rotatable bonds is 10. The molecule has 31 heavy (non-hydrogen) atoms. The summed E-state index contributed by atoms with van der Waals surface area (Å²) in [5.41, 5.74) is -0.409. The maximum absolute atomic E-state index is 12.8. The average molecular weight is 461 g/mol. The van der Waals surface area contributed by atoms with E-state index in [1.165, 1.54) is 31.3 Å². The normalized spacial score (nSPS) is 11.9. The summed E-state index contributed by atoms with van der Waals surface area (Å²) in [7, 11) is -1.55. The molecule has 0 N–H and O–H groups in total. The first kappa shape index (κ1) is 24.6. The molecule has 7 nitrogen and oxygen atoms in total. The van der Waals surface area contributed by atoms with Crippen LogP contribution >= 0.6 is 0 Å². The number of halogens is 3. The monoisotopic (exact) mass is 461 g/mol. The Morgan fingerprint density at radius 1 is 1.03 bits per heavy atom. The van der Waals surface area contributed by atoms with Crippen LogP contribution in [-0.4, -0.2) is 53.2 Å². The molecule has 0 atom stereocenters. The molecule has 0 heterocycles. The van der Waals surface area contributed by atoms with E-state index in [-0.39, 0.29) is 24.8 Å². The van der Waals surface area contributed by atoms with Gasteiger partial charge in [0, 0.05) is 27.3 Å². The Labute approximate surface area is 178 Å². The van der Waals surface area contributed by atoms with Gasteiger partial charge in [0.25, 0.3) is 0 Å². The lowest BCUT2D eigenvalue weighted by Gasteiger charge is -2.22. The van der Waals surface area contributed by atoms with Crippen LogP contribution in [0.15, 0.2) is 53.4 Å². The van der Waals surface area contributed by atoms with Crippen molar-refractivity contribution in [3.05, 3.63) is 59.7 Å². The second-order valence-electron chi connectivity index (χ2n) is 6.45. The van der Waals surface area contributed by atoms with E-state index < -0.39 is 26.8 Å². The molecular weight excluding hydrogens is 439 g/mol. The molecule has 0 spiro atoms. The Balaban J connectivity index is 2.13. The van der Waals surface area contributed by atoms with Gasteiger partial charge in [-0.15, -0.1) is 0 Å². The predicted octanol–water partition coefficient (Wildman–Crippen LogP) is 3.09. The highest BCUT2D eigenvalue weighted by Crippen LogP contribution is 2.31. The van der Waals surface area contributed by atoms with Crippen LogP contribution in [0.3, 0.4) is 0 Å². The van der Waals surface area contributed by atoms with E-state index >= 15 is 0 Å². The quantitative estimate of drug-likeness (QED) is 0.506. The average Bonchev–Trinajstić information content (AvgIpc) is 2.71. The van der Waals surface area contributed by atoms with Crippen molar-refractivity contribution in [3.8, 4) is 5.75 Å². The third-order valence-corrected chi connectivity index (χ3v) is 5.38. The third kappa shape index (κ3) is 7.23. The molecule has 0 aliphatic carbocycles. The number of nitrogens with zero attached hydrogens (tertiary/aromatic N) is 1. The summed E-state index contributed by atoms with van der Waals surface area (Å²) in [5.74, 6) is -0.320. The zero-order valence-electron chi connectivity index (χ0n) is 16.9. The topological polar surface area (TPSA) is 82.1 Å². The van der Waals surface area contributed by atoms with Crippen molar-refractivity contribution in [1.82, 2.24) is 4.90 Å². The smallest absolute Gasteiger partial charge is 0.383 e. The molecule has 2 aromatic carbocycles. The van der Waals surface area contributed by atoms with Gasteiger partial charge in [-0.3, -0.25) is 4.79 Å². The van der Waals surface area contributed by atoms with Gasteiger partial charge in [-0.1, -0.05) is 18.2 Å². The van der Waals surface area contributed by atoms with E-state index in [9.17, 15) is 26.4 Å². The zero-order chi connectivity index (χ0) is 23.1. The molecule has 0 aliphatic rings. The molecule has 0 saturated carbocycles. The Morgan fingerprint density at radius 3 is 2.29 bits per heavy atom. The summed E-state index contributed by atoms with van der Waals surface area (Å²) in [5, 5.41) is 0. The summed E-state index contributed by atoms with van der Waals surface area (Å²) in [6.07, 6.45) is -4.68. The van der Waals surface area contributed by atoms with Gasteiger partial charge in [0.15, 0.2) is 0 Å². The molecule has 0 radical (unpaired) electrons. The Kier molecular flexibility index (Phi) is 8.43. The molecule has 0 fully saturated rings. The Bertz CT molecular complexity index is 977. The van der Waals surface area contributed by atoms with Gasteiger partial charge in [0.05, 0.1) is 12.2 Å². The van der Waals surface area contributed by atoms with Gasteiger partial charge in [-0.2, -0.15) is 21.6 Å². The van der Waals surface area contributed by atoms with E-state index in [0.29, 0.717) is 24.8 Å². The summed E-state index contributed by atoms with van der Waals surface area (Å²) in [6.45, 7) is 0.791. The lowest BCUT2D eigenvalue weighted by atomic mass is 10.2. The fraction of sp³-hybridized carbons (Fsp3) is 0.350. The van der Waals surface area contributed by atoms with Crippen LogP contribution < -0.4 is 4.18 Å². The third-order valence-electron chi connectivity index (χ3n) is 4.14. The molecule has 2 aromatic rings. The largest absolute Gasteiger partial charge is 0.416 e. The van der Waals surface area contributed by atoms with Crippen LogP contribution in [0, 0.1) is 0 Å². The minimum Gasteiger partial charge on any atom is -0.383 e. The lowest BCUT2D eigenvalue weighted by Crippen LogP contribution is -2.35. The van der Waals surface area contributed by atoms with Crippen LogP contribution in [0.4, 0.5) is 13.2 Å². The van der Waals surface area contributed by atoms with E-state index in [1.807, 2.05) is 0 Å². The van der Waals surface area contributed by atoms with Gasteiger partial charge in [0.2, 0.25) is 5.91 Å². The van der Waals surface area contributed by atoms with Crippen molar-refractivity contribution in [2.75, 3.05) is 34.0 Å². The SMILES string of the molecule is COCCN(Cc1ccc(OS(=O)(=O)c2cccc(C(F)(F)F)c2)cc1)C(=O)COC.